The maximum absolute atomic E-state index is 7.18. The largest absolute Gasteiger partial charge is 0.323 e. The van der Waals surface area contributed by atoms with Crippen molar-refractivity contribution >= 4 is 11.9 Å². The molecular weight excluding hydrogens is 150 g/mol. The van der Waals surface area contributed by atoms with Crippen LogP contribution in [0.15, 0.2) is 12.1 Å². The number of hydrazine groups is 1. The molecule has 64 valence electrons. The van der Waals surface area contributed by atoms with Crippen LogP contribution in [0.2, 0.25) is 0 Å². The second-order valence-electron chi connectivity index (χ2n) is 2.83. The molecule has 0 heterocycles. The Morgan fingerprint density at radius 3 is 2.58 bits per heavy atom. The molecule has 0 bridgehead atoms. The Balaban J connectivity index is 3.33. The summed E-state index contributed by atoms with van der Waals surface area (Å²) in [6.07, 6.45) is 1.31. The molecule has 0 aliphatic rings. The smallest absolute Gasteiger partial charge is 0.0577 e. The molecule has 0 unspecified atom stereocenters. The lowest BCUT2D eigenvalue weighted by Crippen LogP contribution is -2.10. The van der Waals surface area contributed by atoms with Gasteiger partial charge in [-0.15, -0.1) is 0 Å². The van der Waals surface area contributed by atoms with E-state index in [0.717, 1.165) is 22.4 Å². The quantitative estimate of drug-likeness (QED) is 0.352. The molecule has 0 aromatic heterocycles. The van der Waals surface area contributed by atoms with Crippen LogP contribution in [0.3, 0.4) is 0 Å². The Bertz CT molecular complexity index is 305. The molecule has 1 aromatic carbocycles. The Morgan fingerprint density at radius 1 is 1.42 bits per heavy atom. The molecule has 0 aliphatic heterocycles. The van der Waals surface area contributed by atoms with E-state index in [2.05, 4.69) is 5.43 Å². The van der Waals surface area contributed by atoms with E-state index < -0.39 is 0 Å². The number of nitrogens with one attached hydrogen (secondary N) is 2. The third-order valence-corrected chi connectivity index (χ3v) is 1.83. The standard InChI is InChI=1S/C9H13N3/c1-6-3-7(2)8(5-10)9(4-6)12-11/h3-5,10,12H,11H2,1-2H3. The lowest BCUT2D eigenvalue weighted by molar-refractivity contribution is 1.29. The fraction of sp³-hybridized carbons (Fsp3) is 0.222. The molecule has 0 saturated carbocycles. The summed E-state index contributed by atoms with van der Waals surface area (Å²) in [5.41, 5.74) is 6.45. The van der Waals surface area contributed by atoms with E-state index in [4.69, 9.17) is 11.3 Å². The van der Waals surface area contributed by atoms with Gasteiger partial charge in [-0.25, -0.2) is 0 Å². The lowest BCUT2D eigenvalue weighted by atomic mass is 10.0. The monoisotopic (exact) mass is 163 g/mol. The molecule has 4 N–H and O–H groups in total. The summed E-state index contributed by atoms with van der Waals surface area (Å²) < 4.78 is 0. The van der Waals surface area contributed by atoms with E-state index in [1.165, 1.54) is 6.21 Å². The van der Waals surface area contributed by atoms with Gasteiger partial charge < -0.3 is 10.8 Å². The van der Waals surface area contributed by atoms with E-state index in [1.54, 1.807) is 0 Å². The van der Waals surface area contributed by atoms with Crippen molar-refractivity contribution in [3.05, 3.63) is 28.8 Å². The highest BCUT2D eigenvalue weighted by Crippen LogP contribution is 2.18. The van der Waals surface area contributed by atoms with Crippen molar-refractivity contribution in [3.8, 4) is 0 Å². The number of hydrogen-bond donors (Lipinski definition) is 3. The van der Waals surface area contributed by atoms with Gasteiger partial charge in [0.05, 0.1) is 5.69 Å². The predicted molar refractivity (Wildman–Crippen MR) is 51.6 cm³/mol. The van der Waals surface area contributed by atoms with Crippen molar-refractivity contribution in [2.45, 2.75) is 13.8 Å². The molecule has 3 nitrogen and oxygen atoms in total. The second-order valence-corrected chi connectivity index (χ2v) is 2.83. The highest BCUT2D eigenvalue weighted by Gasteiger charge is 2.02. The number of aryl methyl sites for hydroxylation is 2. The third-order valence-electron chi connectivity index (χ3n) is 1.83. The summed E-state index contributed by atoms with van der Waals surface area (Å²) in [6.45, 7) is 3.97. The van der Waals surface area contributed by atoms with Crippen molar-refractivity contribution < 1.29 is 0 Å². The Labute approximate surface area is 72.1 Å². The number of anilines is 1. The highest BCUT2D eigenvalue weighted by molar-refractivity contribution is 5.87. The predicted octanol–water partition coefficient (Wildman–Crippen LogP) is 1.59. The molecule has 0 aliphatic carbocycles. The fourth-order valence-electron chi connectivity index (χ4n) is 1.29. The summed E-state index contributed by atoms with van der Waals surface area (Å²) >= 11 is 0. The van der Waals surface area contributed by atoms with Gasteiger partial charge in [-0.3, -0.25) is 5.84 Å². The van der Waals surface area contributed by atoms with Gasteiger partial charge in [0.15, 0.2) is 0 Å². The average molecular weight is 163 g/mol. The molecule has 0 saturated heterocycles. The average Bonchev–Trinajstić information content (AvgIpc) is 2.03. The molecule has 0 fully saturated rings. The van der Waals surface area contributed by atoms with E-state index in [-0.39, 0.29) is 0 Å². The minimum atomic E-state index is 0.808. The Hall–Kier alpha value is -1.35. The zero-order chi connectivity index (χ0) is 9.14. The number of benzene rings is 1. The van der Waals surface area contributed by atoms with Crippen LogP contribution in [-0.4, -0.2) is 6.21 Å². The Morgan fingerprint density at radius 2 is 2.08 bits per heavy atom. The van der Waals surface area contributed by atoms with Gasteiger partial charge >= 0.3 is 0 Å². The molecule has 1 aromatic rings. The van der Waals surface area contributed by atoms with E-state index in [1.807, 2.05) is 26.0 Å². The fourth-order valence-corrected chi connectivity index (χ4v) is 1.29. The van der Waals surface area contributed by atoms with Crippen LogP contribution in [0.4, 0.5) is 5.69 Å². The molecule has 1 rings (SSSR count). The van der Waals surface area contributed by atoms with E-state index in [0.29, 0.717) is 0 Å². The van der Waals surface area contributed by atoms with Crippen molar-refractivity contribution in [1.82, 2.24) is 0 Å². The lowest BCUT2D eigenvalue weighted by Gasteiger charge is -2.08. The van der Waals surface area contributed by atoms with Gasteiger partial charge in [0.2, 0.25) is 0 Å². The van der Waals surface area contributed by atoms with Crippen LogP contribution in [0.1, 0.15) is 16.7 Å². The molecule has 0 amide bonds. The molecule has 0 spiro atoms. The van der Waals surface area contributed by atoms with Crippen molar-refractivity contribution in [2.75, 3.05) is 5.43 Å². The maximum atomic E-state index is 7.18. The second kappa shape index (κ2) is 3.36. The summed E-state index contributed by atoms with van der Waals surface area (Å²) in [6, 6.07) is 3.95. The van der Waals surface area contributed by atoms with Gasteiger partial charge in [-0.05, 0) is 31.0 Å². The van der Waals surface area contributed by atoms with E-state index in [9.17, 15) is 0 Å². The van der Waals surface area contributed by atoms with Crippen LogP contribution in [0.25, 0.3) is 0 Å². The zero-order valence-electron chi connectivity index (χ0n) is 7.31. The van der Waals surface area contributed by atoms with Gasteiger partial charge in [-0.2, -0.15) is 0 Å². The number of rotatable bonds is 2. The maximum Gasteiger partial charge on any atom is 0.0577 e. The summed E-state index contributed by atoms with van der Waals surface area (Å²) in [7, 11) is 0. The number of nitrogen functional groups attached to an aromatic ring is 1. The van der Waals surface area contributed by atoms with Gasteiger partial charge in [-0.1, -0.05) is 6.07 Å². The van der Waals surface area contributed by atoms with Gasteiger partial charge in [0.25, 0.3) is 0 Å². The zero-order valence-corrected chi connectivity index (χ0v) is 7.31. The molecule has 12 heavy (non-hydrogen) atoms. The third kappa shape index (κ3) is 1.46. The van der Waals surface area contributed by atoms with Crippen LogP contribution in [-0.2, 0) is 0 Å². The minimum Gasteiger partial charge on any atom is -0.323 e. The Kier molecular flexibility index (Phi) is 2.45. The van der Waals surface area contributed by atoms with Gasteiger partial charge in [0.1, 0.15) is 0 Å². The first-order valence-corrected chi connectivity index (χ1v) is 3.77. The van der Waals surface area contributed by atoms with Crippen molar-refractivity contribution in [2.24, 2.45) is 5.84 Å². The summed E-state index contributed by atoms with van der Waals surface area (Å²) in [4.78, 5) is 0. The van der Waals surface area contributed by atoms with Crippen LogP contribution < -0.4 is 11.3 Å². The summed E-state index contributed by atoms with van der Waals surface area (Å²) in [5, 5.41) is 7.18. The van der Waals surface area contributed by atoms with E-state index >= 15 is 0 Å². The van der Waals surface area contributed by atoms with Crippen LogP contribution in [0.5, 0.6) is 0 Å². The first-order valence-electron chi connectivity index (χ1n) is 3.77. The van der Waals surface area contributed by atoms with Crippen molar-refractivity contribution in [1.29, 1.82) is 5.41 Å². The topological polar surface area (TPSA) is 61.9 Å². The van der Waals surface area contributed by atoms with Crippen LogP contribution in [0, 0.1) is 19.3 Å². The van der Waals surface area contributed by atoms with Gasteiger partial charge in [0, 0.05) is 11.8 Å². The highest BCUT2D eigenvalue weighted by atomic mass is 15.2. The number of hydrogen-bond acceptors (Lipinski definition) is 3. The first kappa shape index (κ1) is 8.74. The number of nitrogens with two attached hydrogens (primary N) is 1. The molecule has 0 radical (unpaired) electrons. The molecule has 0 atom stereocenters. The van der Waals surface area contributed by atoms with Crippen LogP contribution >= 0.6 is 0 Å². The molecular formula is C9H13N3. The SMILES string of the molecule is Cc1cc(C)c(C=N)c(NN)c1. The first-order chi connectivity index (χ1) is 5.69. The summed E-state index contributed by atoms with van der Waals surface area (Å²) in [5.74, 6) is 5.31. The molecule has 3 heteroatoms. The normalized spacial score (nSPS) is 9.58. The minimum absolute atomic E-state index is 0.808. The van der Waals surface area contributed by atoms with Crippen molar-refractivity contribution in [3.63, 3.8) is 0 Å².